The van der Waals surface area contributed by atoms with Gasteiger partial charge in [0, 0.05) is 6.54 Å². The van der Waals surface area contributed by atoms with E-state index in [0.717, 1.165) is 31.0 Å². The molecule has 1 fully saturated rings. The second-order valence-corrected chi connectivity index (χ2v) is 5.35. The predicted octanol–water partition coefficient (Wildman–Crippen LogP) is 3.69. The maximum Gasteiger partial charge on any atom is 0.142 e. The Kier molecular flexibility index (Phi) is 4.24. The molecule has 0 aliphatic carbocycles. The van der Waals surface area contributed by atoms with Crippen LogP contribution in [-0.4, -0.2) is 18.1 Å². The first-order valence-corrected chi connectivity index (χ1v) is 7.68. The van der Waals surface area contributed by atoms with E-state index in [1.807, 2.05) is 31.2 Å². The number of nitrogens with zero attached hydrogens (tertiary/aromatic N) is 3. The second kappa shape index (κ2) is 6.48. The van der Waals surface area contributed by atoms with Gasteiger partial charge in [0.2, 0.25) is 0 Å². The smallest absolute Gasteiger partial charge is 0.142 e. The summed E-state index contributed by atoms with van der Waals surface area (Å²) in [7, 11) is 0. The fourth-order valence-electron chi connectivity index (χ4n) is 2.99. The van der Waals surface area contributed by atoms with Crippen LogP contribution in [0.5, 0.6) is 5.75 Å². The monoisotopic (exact) mass is 293 g/mol. The highest BCUT2D eigenvalue weighted by molar-refractivity contribution is 5.46. The number of nitriles is 1. The van der Waals surface area contributed by atoms with Crippen LogP contribution in [0.25, 0.3) is 0 Å². The Morgan fingerprint density at radius 3 is 2.82 bits per heavy atom. The molecule has 3 rings (SSSR count). The summed E-state index contributed by atoms with van der Waals surface area (Å²) in [5.41, 5.74) is 1.74. The van der Waals surface area contributed by atoms with E-state index in [2.05, 4.69) is 28.1 Å². The lowest BCUT2D eigenvalue weighted by Gasteiger charge is -2.26. The van der Waals surface area contributed by atoms with E-state index in [0.29, 0.717) is 18.3 Å². The Balaban J connectivity index is 1.84. The van der Waals surface area contributed by atoms with Gasteiger partial charge in [-0.1, -0.05) is 18.2 Å². The zero-order valence-corrected chi connectivity index (χ0v) is 12.7. The molecular formula is C18H19N3O. The van der Waals surface area contributed by atoms with Gasteiger partial charge in [-0.15, -0.1) is 0 Å². The number of hydrogen-bond donors (Lipinski definition) is 0. The van der Waals surface area contributed by atoms with E-state index in [1.54, 1.807) is 6.07 Å². The molecule has 112 valence electrons. The fourth-order valence-corrected chi connectivity index (χ4v) is 2.99. The standard InChI is InChI=1S/C18H19N3O/c1-2-22-16-10-8-14(9-11-16)17-6-4-12-21(17)18-7-3-5-15(13-19)20-18/h3,5,7-11,17H,2,4,6,12H2,1H3. The number of rotatable bonds is 4. The van der Waals surface area contributed by atoms with Crippen molar-refractivity contribution in [3.8, 4) is 11.8 Å². The van der Waals surface area contributed by atoms with Crippen LogP contribution in [0.4, 0.5) is 5.82 Å². The molecule has 1 unspecified atom stereocenters. The molecule has 2 heterocycles. The molecule has 0 radical (unpaired) electrons. The summed E-state index contributed by atoms with van der Waals surface area (Å²) in [6.45, 7) is 3.64. The summed E-state index contributed by atoms with van der Waals surface area (Å²) in [6, 6.07) is 16.3. The van der Waals surface area contributed by atoms with Crippen LogP contribution < -0.4 is 9.64 Å². The topological polar surface area (TPSA) is 49.1 Å². The highest BCUT2D eigenvalue weighted by atomic mass is 16.5. The summed E-state index contributed by atoms with van der Waals surface area (Å²) >= 11 is 0. The van der Waals surface area contributed by atoms with Gasteiger partial charge >= 0.3 is 0 Å². The minimum Gasteiger partial charge on any atom is -0.494 e. The summed E-state index contributed by atoms with van der Waals surface area (Å²) in [5, 5.41) is 9.02. The van der Waals surface area contributed by atoms with Crippen molar-refractivity contribution in [1.29, 1.82) is 5.26 Å². The number of ether oxygens (including phenoxy) is 1. The molecule has 1 aliphatic rings. The Labute approximate surface area is 131 Å². The minimum absolute atomic E-state index is 0.317. The van der Waals surface area contributed by atoms with Crippen LogP contribution in [0.15, 0.2) is 42.5 Å². The Morgan fingerprint density at radius 1 is 1.27 bits per heavy atom. The van der Waals surface area contributed by atoms with E-state index in [-0.39, 0.29) is 0 Å². The first-order chi connectivity index (χ1) is 10.8. The summed E-state index contributed by atoms with van der Waals surface area (Å²) in [6.07, 6.45) is 2.24. The molecule has 0 spiro atoms. The molecule has 1 aromatic heterocycles. The molecule has 0 saturated carbocycles. The largest absolute Gasteiger partial charge is 0.494 e. The Morgan fingerprint density at radius 2 is 2.09 bits per heavy atom. The average molecular weight is 293 g/mol. The molecule has 1 aliphatic heterocycles. The zero-order valence-electron chi connectivity index (χ0n) is 12.7. The highest BCUT2D eigenvalue weighted by Crippen LogP contribution is 2.35. The van der Waals surface area contributed by atoms with E-state index in [9.17, 15) is 0 Å². The molecule has 1 saturated heterocycles. The first-order valence-electron chi connectivity index (χ1n) is 7.68. The van der Waals surface area contributed by atoms with Crippen LogP contribution in [0, 0.1) is 11.3 Å². The zero-order chi connectivity index (χ0) is 15.4. The van der Waals surface area contributed by atoms with Crippen molar-refractivity contribution in [3.63, 3.8) is 0 Å². The summed E-state index contributed by atoms with van der Waals surface area (Å²) in [4.78, 5) is 6.72. The van der Waals surface area contributed by atoms with Gasteiger partial charge in [-0.05, 0) is 49.6 Å². The van der Waals surface area contributed by atoms with Gasteiger partial charge in [0.1, 0.15) is 23.3 Å². The van der Waals surface area contributed by atoms with Crippen molar-refractivity contribution in [3.05, 3.63) is 53.7 Å². The van der Waals surface area contributed by atoms with Crippen LogP contribution in [-0.2, 0) is 0 Å². The number of pyridine rings is 1. The third-order valence-electron chi connectivity index (χ3n) is 3.97. The van der Waals surface area contributed by atoms with Crippen LogP contribution in [0.2, 0.25) is 0 Å². The average Bonchev–Trinajstić information content (AvgIpc) is 3.05. The van der Waals surface area contributed by atoms with Gasteiger partial charge < -0.3 is 9.64 Å². The van der Waals surface area contributed by atoms with E-state index >= 15 is 0 Å². The maximum absolute atomic E-state index is 9.02. The molecule has 1 atom stereocenters. The quantitative estimate of drug-likeness (QED) is 0.862. The molecule has 4 heteroatoms. The predicted molar refractivity (Wildman–Crippen MR) is 85.9 cm³/mol. The Bertz CT molecular complexity index is 675. The summed E-state index contributed by atoms with van der Waals surface area (Å²) in [5.74, 6) is 1.79. The van der Waals surface area contributed by atoms with Crippen LogP contribution >= 0.6 is 0 Å². The number of benzene rings is 1. The Hall–Kier alpha value is -2.54. The lowest BCUT2D eigenvalue weighted by Crippen LogP contribution is -2.23. The van der Waals surface area contributed by atoms with Crippen molar-refractivity contribution in [2.75, 3.05) is 18.1 Å². The van der Waals surface area contributed by atoms with Crippen LogP contribution in [0.1, 0.15) is 37.1 Å². The van der Waals surface area contributed by atoms with Crippen LogP contribution in [0.3, 0.4) is 0 Å². The second-order valence-electron chi connectivity index (χ2n) is 5.35. The van der Waals surface area contributed by atoms with E-state index in [4.69, 9.17) is 10.00 Å². The van der Waals surface area contributed by atoms with Gasteiger partial charge in [-0.25, -0.2) is 4.98 Å². The van der Waals surface area contributed by atoms with Gasteiger partial charge in [0.15, 0.2) is 0 Å². The SMILES string of the molecule is CCOc1ccc(C2CCCN2c2cccc(C#N)n2)cc1. The lowest BCUT2D eigenvalue weighted by molar-refractivity contribution is 0.340. The molecule has 2 aromatic rings. The summed E-state index contributed by atoms with van der Waals surface area (Å²) < 4.78 is 5.50. The number of anilines is 1. The van der Waals surface area contributed by atoms with Crippen molar-refractivity contribution < 1.29 is 4.74 Å². The third kappa shape index (κ3) is 2.89. The number of hydrogen-bond acceptors (Lipinski definition) is 4. The van der Waals surface area contributed by atoms with Crippen molar-refractivity contribution in [1.82, 2.24) is 4.98 Å². The molecule has 22 heavy (non-hydrogen) atoms. The lowest BCUT2D eigenvalue weighted by atomic mass is 10.0. The minimum atomic E-state index is 0.317. The van der Waals surface area contributed by atoms with Gasteiger partial charge in [0.05, 0.1) is 12.6 Å². The van der Waals surface area contributed by atoms with Gasteiger partial charge in [-0.3, -0.25) is 0 Å². The number of aromatic nitrogens is 1. The van der Waals surface area contributed by atoms with Crippen molar-refractivity contribution in [2.24, 2.45) is 0 Å². The maximum atomic E-state index is 9.02. The molecule has 4 nitrogen and oxygen atoms in total. The van der Waals surface area contributed by atoms with E-state index < -0.39 is 0 Å². The molecule has 0 amide bonds. The molecule has 0 N–H and O–H groups in total. The molecular weight excluding hydrogens is 274 g/mol. The molecule has 0 bridgehead atoms. The van der Waals surface area contributed by atoms with Crippen molar-refractivity contribution in [2.45, 2.75) is 25.8 Å². The van der Waals surface area contributed by atoms with E-state index in [1.165, 1.54) is 5.56 Å². The fraction of sp³-hybridized carbons (Fsp3) is 0.333. The molecule has 1 aromatic carbocycles. The third-order valence-corrected chi connectivity index (χ3v) is 3.97. The highest BCUT2D eigenvalue weighted by Gasteiger charge is 2.27. The van der Waals surface area contributed by atoms with Crippen molar-refractivity contribution >= 4 is 5.82 Å². The normalized spacial score (nSPS) is 17.3. The van der Waals surface area contributed by atoms with Gasteiger partial charge in [0.25, 0.3) is 0 Å². The van der Waals surface area contributed by atoms with Gasteiger partial charge in [-0.2, -0.15) is 5.26 Å². The first kappa shape index (κ1) is 14.4.